The molecule has 1 aliphatic heterocycles. The highest BCUT2D eigenvalue weighted by atomic mass is 16.3. The van der Waals surface area contributed by atoms with Gasteiger partial charge in [0, 0.05) is 31.1 Å². The molecule has 0 radical (unpaired) electrons. The third kappa shape index (κ3) is 2.74. The molecule has 3 N–H and O–H groups in total. The van der Waals surface area contributed by atoms with Crippen molar-refractivity contribution in [1.29, 1.82) is 5.26 Å². The Labute approximate surface area is 108 Å². The van der Waals surface area contributed by atoms with Crippen LogP contribution in [0.4, 0.5) is 11.4 Å². The third-order valence-corrected chi connectivity index (χ3v) is 3.58. The van der Waals surface area contributed by atoms with Crippen LogP contribution in [0.1, 0.15) is 24.8 Å². The van der Waals surface area contributed by atoms with E-state index in [-0.39, 0.29) is 6.61 Å². The van der Waals surface area contributed by atoms with Gasteiger partial charge in [0.15, 0.2) is 0 Å². The highest BCUT2D eigenvalue weighted by molar-refractivity contribution is 5.62. The average molecular weight is 245 g/mol. The van der Waals surface area contributed by atoms with Gasteiger partial charge in [-0.15, -0.1) is 0 Å². The van der Waals surface area contributed by atoms with E-state index in [9.17, 15) is 0 Å². The molecule has 1 heterocycles. The van der Waals surface area contributed by atoms with Crippen LogP contribution in [0.25, 0.3) is 0 Å². The Morgan fingerprint density at radius 2 is 2.33 bits per heavy atom. The van der Waals surface area contributed by atoms with Gasteiger partial charge in [0.05, 0.1) is 5.56 Å². The maximum atomic E-state index is 9.02. The van der Waals surface area contributed by atoms with Crippen molar-refractivity contribution in [3.05, 3.63) is 23.8 Å². The molecule has 1 atom stereocenters. The molecule has 0 saturated carbocycles. The molecule has 96 valence electrons. The zero-order valence-electron chi connectivity index (χ0n) is 10.5. The molecule has 1 aromatic rings. The molecule has 1 fully saturated rings. The number of nitrogens with zero attached hydrogens (tertiary/aromatic N) is 2. The SMILES string of the molecule is N#Cc1cc(N2CCCC(CCO)C2)ccc1N. The van der Waals surface area contributed by atoms with E-state index in [0.717, 1.165) is 31.6 Å². The Morgan fingerprint density at radius 1 is 1.50 bits per heavy atom. The Morgan fingerprint density at radius 3 is 3.06 bits per heavy atom. The molecule has 0 amide bonds. The number of hydrogen-bond acceptors (Lipinski definition) is 4. The molecule has 18 heavy (non-hydrogen) atoms. The fraction of sp³-hybridized carbons (Fsp3) is 0.500. The first-order valence-corrected chi connectivity index (χ1v) is 6.40. The molecule has 0 bridgehead atoms. The van der Waals surface area contributed by atoms with E-state index in [1.807, 2.05) is 12.1 Å². The van der Waals surface area contributed by atoms with Crippen LogP contribution in [-0.4, -0.2) is 24.8 Å². The maximum Gasteiger partial charge on any atom is 0.101 e. The van der Waals surface area contributed by atoms with Crippen LogP contribution in [-0.2, 0) is 0 Å². The number of aliphatic hydroxyl groups excluding tert-OH is 1. The van der Waals surface area contributed by atoms with E-state index < -0.39 is 0 Å². The first-order chi connectivity index (χ1) is 8.74. The van der Waals surface area contributed by atoms with Crippen molar-refractivity contribution in [3.8, 4) is 6.07 Å². The number of aliphatic hydroxyl groups is 1. The van der Waals surface area contributed by atoms with Crippen LogP contribution >= 0.6 is 0 Å². The molecule has 1 aromatic carbocycles. The second kappa shape index (κ2) is 5.74. The number of nitrogen functional groups attached to an aromatic ring is 1. The zero-order chi connectivity index (χ0) is 13.0. The molecule has 0 aliphatic carbocycles. The number of nitriles is 1. The van der Waals surface area contributed by atoms with Crippen LogP contribution < -0.4 is 10.6 Å². The summed E-state index contributed by atoms with van der Waals surface area (Å²) in [7, 11) is 0. The second-order valence-corrected chi connectivity index (χ2v) is 4.85. The third-order valence-electron chi connectivity index (χ3n) is 3.58. The number of rotatable bonds is 3. The smallest absolute Gasteiger partial charge is 0.101 e. The lowest BCUT2D eigenvalue weighted by molar-refractivity contribution is 0.244. The molecular weight excluding hydrogens is 226 g/mol. The molecule has 0 aromatic heterocycles. The summed E-state index contributed by atoms with van der Waals surface area (Å²) in [5.74, 6) is 0.548. The van der Waals surface area contributed by atoms with Crippen LogP contribution in [0, 0.1) is 17.2 Å². The molecular formula is C14H19N3O. The standard InChI is InChI=1S/C14H19N3O/c15-9-12-8-13(3-4-14(12)16)17-6-1-2-11(10-17)5-7-18/h3-4,8,11,18H,1-2,5-7,10,16H2. The van der Waals surface area contributed by atoms with Gasteiger partial charge in [-0.25, -0.2) is 0 Å². The predicted octanol–water partition coefficient (Wildman–Crippen LogP) is 1.74. The van der Waals surface area contributed by atoms with Gasteiger partial charge in [0.2, 0.25) is 0 Å². The minimum Gasteiger partial charge on any atom is -0.398 e. The first kappa shape index (κ1) is 12.7. The van der Waals surface area contributed by atoms with Gasteiger partial charge in [-0.2, -0.15) is 5.26 Å². The molecule has 4 heteroatoms. The Kier molecular flexibility index (Phi) is 4.06. The molecule has 1 aliphatic rings. The van der Waals surface area contributed by atoms with Crippen LogP contribution in [0.2, 0.25) is 0 Å². The summed E-state index contributed by atoms with van der Waals surface area (Å²) in [4.78, 5) is 2.28. The summed E-state index contributed by atoms with van der Waals surface area (Å²) in [6.45, 7) is 2.22. The topological polar surface area (TPSA) is 73.3 Å². The van der Waals surface area contributed by atoms with Crippen LogP contribution in [0.5, 0.6) is 0 Å². The molecule has 1 saturated heterocycles. The lowest BCUT2D eigenvalue weighted by Crippen LogP contribution is -2.35. The van der Waals surface area contributed by atoms with Crippen molar-refractivity contribution in [2.75, 3.05) is 30.3 Å². The number of benzene rings is 1. The summed E-state index contributed by atoms with van der Waals surface area (Å²) < 4.78 is 0. The number of anilines is 2. The van der Waals surface area contributed by atoms with Gasteiger partial charge in [-0.3, -0.25) is 0 Å². The van der Waals surface area contributed by atoms with E-state index in [0.29, 0.717) is 17.2 Å². The Balaban J connectivity index is 2.13. The molecule has 4 nitrogen and oxygen atoms in total. The highest BCUT2D eigenvalue weighted by Gasteiger charge is 2.20. The van der Waals surface area contributed by atoms with Gasteiger partial charge >= 0.3 is 0 Å². The quantitative estimate of drug-likeness (QED) is 0.795. The summed E-state index contributed by atoms with van der Waals surface area (Å²) in [5, 5.41) is 18.0. The second-order valence-electron chi connectivity index (χ2n) is 4.85. The van der Waals surface area contributed by atoms with E-state index in [1.54, 1.807) is 6.07 Å². The monoisotopic (exact) mass is 245 g/mol. The zero-order valence-corrected chi connectivity index (χ0v) is 10.5. The molecule has 2 rings (SSSR count). The molecule has 0 spiro atoms. The van der Waals surface area contributed by atoms with Crippen molar-refractivity contribution in [1.82, 2.24) is 0 Å². The summed E-state index contributed by atoms with van der Waals surface area (Å²) in [5.41, 5.74) is 7.86. The highest BCUT2D eigenvalue weighted by Crippen LogP contribution is 2.27. The molecule has 1 unspecified atom stereocenters. The van der Waals surface area contributed by atoms with Crippen LogP contribution in [0.15, 0.2) is 18.2 Å². The lowest BCUT2D eigenvalue weighted by Gasteiger charge is -2.34. The van der Waals surface area contributed by atoms with E-state index in [1.165, 1.54) is 6.42 Å². The number of hydrogen-bond donors (Lipinski definition) is 2. The first-order valence-electron chi connectivity index (χ1n) is 6.40. The fourth-order valence-electron chi connectivity index (χ4n) is 2.56. The fourth-order valence-corrected chi connectivity index (χ4v) is 2.56. The van der Waals surface area contributed by atoms with Gasteiger partial charge in [-0.1, -0.05) is 0 Å². The van der Waals surface area contributed by atoms with Gasteiger partial charge in [-0.05, 0) is 43.4 Å². The van der Waals surface area contributed by atoms with Crippen molar-refractivity contribution in [2.45, 2.75) is 19.3 Å². The Hall–Kier alpha value is -1.73. The lowest BCUT2D eigenvalue weighted by atomic mass is 9.94. The normalized spacial score (nSPS) is 19.6. The van der Waals surface area contributed by atoms with E-state index in [4.69, 9.17) is 16.1 Å². The minimum absolute atomic E-state index is 0.254. The summed E-state index contributed by atoms with van der Waals surface area (Å²) >= 11 is 0. The predicted molar refractivity (Wildman–Crippen MR) is 72.2 cm³/mol. The van der Waals surface area contributed by atoms with Gasteiger partial charge < -0.3 is 15.7 Å². The van der Waals surface area contributed by atoms with Gasteiger partial charge in [0.25, 0.3) is 0 Å². The number of piperidine rings is 1. The van der Waals surface area contributed by atoms with Crippen molar-refractivity contribution >= 4 is 11.4 Å². The average Bonchev–Trinajstić information content (AvgIpc) is 2.40. The van der Waals surface area contributed by atoms with Crippen molar-refractivity contribution in [3.63, 3.8) is 0 Å². The van der Waals surface area contributed by atoms with E-state index >= 15 is 0 Å². The largest absolute Gasteiger partial charge is 0.398 e. The van der Waals surface area contributed by atoms with Crippen LogP contribution in [0.3, 0.4) is 0 Å². The van der Waals surface area contributed by atoms with Crippen molar-refractivity contribution < 1.29 is 5.11 Å². The van der Waals surface area contributed by atoms with Gasteiger partial charge in [0.1, 0.15) is 6.07 Å². The maximum absolute atomic E-state index is 9.02. The minimum atomic E-state index is 0.254. The number of nitrogens with two attached hydrogens (primary N) is 1. The summed E-state index contributed by atoms with van der Waals surface area (Å²) in [6, 6.07) is 7.74. The van der Waals surface area contributed by atoms with E-state index in [2.05, 4.69) is 11.0 Å². The summed E-state index contributed by atoms with van der Waals surface area (Å²) in [6.07, 6.45) is 3.17. The Bertz CT molecular complexity index is 451. The van der Waals surface area contributed by atoms with Crippen molar-refractivity contribution in [2.24, 2.45) is 5.92 Å².